The Hall–Kier alpha value is -1.93. The summed E-state index contributed by atoms with van der Waals surface area (Å²) in [4.78, 5) is 19.4. The molecule has 0 saturated carbocycles. The van der Waals surface area contributed by atoms with Gasteiger partial charge in [0.05, 0.1) is 5.01 Å². The van der Waals surface area contributed by atoms with E-state index in [1.54, 1.807) is 5.38 Å². The van der Waals surface area contributed by atoms with Crippen LogP contribution in [-0.4, -0.2) is 41.6 Å². The van der Waals surface area contributed by atoms with Crippen LogP contribution in [0.15, 0.2) is 29.6 Å². The van der Waals surface area contributed by atoms with Gasteiger partial charge in [-0.15, -0.1) is 11.3 Å². The Labute approximate surface area is 185 Å². The largest absolute Gasteiger partial charge is 0.389 e. The Morgan fingerprint density at radius 2 is 1.87 bits per heavy atom. The molecule has 1 saturated heterocycles. The van der Waals surface area contributed by atoms with Crippen molar-refractivity contribution in [2.75, 3.05) is 25.0 Å². The first kappa shape index (κ1) is 23.7. The maximum Gasteiger partial charge on any atom is 0.389 e. The van der Waals surface area contributed by atoms with Crippen LogP contribution in [0.25, 0.3) is 0 Å². The van der Waals surface area contributed by atoms with Crippen molar-refractivity contribution < 1.29 is 18.0 Å². The summed E-state index contributed by atoms with van der Waals surface area (Å²) in [7, 11) is 0. The quantitative estimate of drug-likeness (QED) is 0.565. The summed E-state index contributed by atoms with van der Waals surface area (Å²) < 4.78 is 37.0. The number of alkyl halides is 3. The van der Waals surface area contributed by atoms with E-state index < -0.39 is 12.6 Å². The summed E-state index contributed by atoms with van der Waals surface area (Å²) in [5, 5.41) is 5.72. The monoisotopic (exact) mass is 453 g/mol. The summed E-state index contributed by atoms with van der Waals surface area (Å²) in [5.74, 6) is 0.0380. The lowest BCUT2D eigenvalue weighted by Gasteiger charge is -2.31. The smallest absolute Gasteiger partial charge is 0.320 e. The first-order chi connectivity index (χ1) is 14.5. The molecule has 1 aliphatic rings. The van der Waals surface area contributed by atoms with E-state index in [2.05, 4.69) is 36.0 Å². The molecule has 2 aromatic rings. The van der Waals surface area contributed by atoms with Crippen LogP contribution in [-0.2, 0) is 5.41 Å². The zero-order valence-corrected chi connectivity index (χ0v) is 19.1. The number of halogens is 3. The van der Waals surface area contributed by atoms with E-state index in [1.165, 1.54) is 11.3 Å². The maximum absolute atomic E-state index is 12.8. The van der Waals surface area contributed by atoms with Gasteiger partial charge in [0, 0.05) is 23.4 Å². The Balaban J connectivity index is 1.55. The van der Waals surface area contributed by atoms with Gasteiger partial charge in [-0.3, -0.25) is 4.79 Å². The maximum atomic E-state index is 12.8. The zero-order valence-electron chi connectivity index (χ0n) is 18.3. The SMILES string of the molecule is CC(C)(C)c1ccccc1NC(=O)c1csc(C2CCN(CCCC(F)(F)F)CC2)n1. The van der Waals surface area contributed by atoms with Crippen molar-refractivity contribution in [2.45, 2.75) is 64.0 Å². The second-order valence-electron chi connectivity index (χ2n) is 9.16. The van der Waals surface area contributed by atoms with Crippen LogP contribution in [0.3, 0.4) is 0 Å². The molecule has 2 heterocycles. The minimum atomic E-state index is -4.08. The molecule has 0 bridgehead atoms. The highest BCUT2D eigenvalue weighted by Crippen LogP contribution is 2.32. The molecular formula is C23H30F3N3OS. The number of hydrogen-bond acceptors (Lipinski definition) is 4. The van der Waals surface area contributed by atoms with Crippen molar-refractivity contribution in [1.29, 1.82) is 0 Å². The van der Waals surface area contributed by atoms with Crippen LogP contribution in [0.2, 0.25) is 0 Å². The molecule has 1 aliphatic heterocycles. The molecule has 0 spiro atoms. The Morgan fingerprint density at radius 1 is 1.19 bits per heavy atom. The normalized spacial score (nSPS) is 16.5. The number of thiazole rings is 1. The molecule has 1 amide bonds. The lowest BCUT2D eigenvalue weighted by molar-refractivity contribution is -0.136. The molecule has 0 radical (unpaired) electrons. The topological polar surface area (TPSA) is 45.2 Å². The van der Waals surface area contributed by atoms with Crippen molar-refractivity contribution in [3.05, 3.63) is 45.9 Å². The van der Waals surface area contributed by atoms with Crippen molar-refractivity contribution in [1.82, 2.24) is 9.88 Å². The number of piperidine rings is 1. The van der Waals surface area contributed by atoms with E-state index in [1.807, 2.05) is 24.3 Å². The molecule has 0 atom stereocenters. The summed E-state index contributed by atoms with van der Waals surface area (Å²) in [6, 6.07) is 7.79. The van der Waals surface area contributed by atoms with Gasteiger partial charge in [0.1, 0.15) is 5.69 Å². The highest BCUT2D eigenvalue weighted by molar-refractivity contribution is 7.10. The van der Waals surface area contributed by atoms with Gasteiger partial charge >= 0.3 is 6.18 Å². The van der Waals surface area contributed by atoms with Crippen molar-refractivity contribution in [3.63, 3.8) is 0 Å². The number of nitrogens with one attached hydrogen (secondary N) is 1. The van der Waals surface area contributed by atoms with Crippen molar-refractivity contribution in [3.8, 4) is 0 Å². The molecule has 31 heavy (non-hydrogen) atoms. The summed E-state index contributed by atoms with van der Waals surface area (Å²) in [6.07, 6.45) is -2.95. The fourth-order valence-electron chi connectivity index (χ4n) is 3.92. The van der Waals surface area contributed by atoms with Gasteiger partial charge in [-0.25, -0.2) is 4.98 Å². The molecule has 170 valence electrons. The molecule has 1 fully saturated rings. The number of likely N-dealkylation sites (tertiary alicyclic amines) is 1. The van der Waals surface area contributed by atoms with E-state index >= 15 is 0 Å². The standard InChI is InChI=1S/C23H30F3N3OS/c1-22(2,3)17-7-4-5-8-18(17)27-20(30)19-15-31-21(28-19)16-9-13-29(14-10-16)12-6-11-23(24,25)26/h4-5,7-8,15-16H,6,9-14H2,1-3H3,(H,27,30). The summed E-state index contributed by atoms with van der Waals surface area (Å²) in [5.41, 5.74) is 2.18. The Morgan fingerprint density at radius 3 is 2.52 bits per heavy atom. The van der Waals surface area contributed by atoms with Gasteiger partial charge in [0.15, 0.2) is 0 Å². The number of nitrogens with zero attached hydrogens (tertiary/aromatic N) is 2. The van der Waals surface area contributed by atoms with Crippen molar-refractivity contribution >= 4 is 22.9 Å². The lowest BCUT2D eigenvalue weighted by atomic mass is 9.86. The number of carbonyl (C=O) groups excluding carboxylic acids is 1. The fourth-order valence-corrected chi connectivity index (χ4v) is 4.89. The van der Waals surface area contributed by atoms with Gasteiger partial charge in [-0.2, -0.15) is 13.2 Å². The number of rotatable bonds is 6. The average Bonchev–Trinajstić information content (AvgIpc) is 3.17. The minimum absolute atomic E-state index is 0.0921. The van der Waals surface area contributed by atoms with Gasteiger partial charge in [0.2, 0.25) is 0 Å². The van der Waals surface area contributed by atoms with E-state index in [9.17, 15) is 18.0 Å². The number of para-hydroxylation sites is 1. The Kier molecular flexibility index (Phi) is 7.42. The van der Waals surface area contributed by atoms with Gasteiger partial charge in [-0.05, 0) is 55.9 Å². The third-order valence-electron chi connectivity index (χ3n) is 5.61. The lowest BCUT2D eigenvalue weighted by Crippen LogP contribution is -2.34. The highest BCUT2D eigenvalue weighted by Gasteiger charge is 2.28. The molecule has 0 unspecified atom stereocenters. The first-order valence-electron chi connectivity index (χ1n) is 10.7. The third kappa shape index (κ3) is 6.77. The highest BCUT2D eigenvalue weighted by atomic mass is 32.1. The third-order valence-corrected chi connectivity index (χ3v) is 6.62. The van der Waals surface area contributed by atoms with E-state index in [0.29, 0.717) is 12.2 Å². The van der Waals surface area contributed by atoms with Crippen LogP contribution in [0.4, 0.5) is 18.9 Å². The van der Waals surface area contributed by atoms with Crippen LogP contribution in [0, 0.1) is 0 Å². The molecule has 0 aliphatic carbocycles. The first-order valence-corrected chi connectivity index (χ1v) is 11.6. The minimum Gasteiger partial charge on any atom is -0.320 e. The second-order valence-corrected chi connectivity index (χ2v) is 10.0. The average molecular weight is 454 g/mol. The number of aromatic nitrogens is 1. The predicted octanol–water partition coefficient (Wildman–Crippen LogP) is 6.21. The van der Waals surface area contributed by atoms with Gasteiger partial charge in [-0.1, -0.05) is 39.0 Å². The molecular weight excluding hydrogens is 423 g/mol. The van der Waals surface area contributed by atoms with E-state index in [0.717, 1.165) is 42.2 Å². The molecule has 4 nitrogen and oxygen atoms in total. The number of benzene rings is 1. The van der Waals surface area contributed by atoms with Crippen molar-refractivity contribution in [2.24, 2.45) is 0 Å². The van der Waals surface area contributed by atoms with Crippen LogP contribution < -0.4 is 5.32 Å². The summed E-state index contributed by atoms with van der Waals surface area (Å²) in [6.45, 7) is 8.33. The number of carbonyl (C=O) groups is 1. The van der Waals surface area contributed by atoms with Gasteiger partial charge in [0.25, 0.3) is 5.91 Å². The summed E-state index contributed by atoms with van der Waals surface area (Å²) >= 11 is 1.49. The number of hydrogen-bond donors (Lipinski definition) is 1. The molecule has 3 rings (SSSR count). The number of amides is 1. The van der Waals surface area contributed by atoms with E-state index in [4.69, 9.17) is 0 Å². The van der Waals surface area contributed by atoms with E-state index in [-0.39, 0.29) is 23.7 Å². The van der Waals surface area contributed by atoms with Crippen LogP contribution in [0.5, 0.6) is 0 Å². The fraction of sp³-hybridized carbons (Fsp3) is 0.565. The predicted molar refractivity (Wildman–Crippen MR) is 119 cm³/mol. The molecule has 1 aromatic carbocycles. The second kappa shape index (κ2) is 9.69. The Bertz CT molecular complexity index is 881. The molecule has 1 N–H and O–H groups in total. The van der Waals surface area contributed by atoms with Crippen LogP contribution in [0.1, 0.15) is 73.4 Å². The number of anilines is 1. The molecule has 8 heteroatoms. The molecule has 1 aromatic heterocycles. The zero-order chi connectivity index (χ0) is 22.6. The van der Waals surface area contributed by atoms with Gasteiger partial charge < -0.3 is 10.2 Å². The van der Waals surface area contributed by atoms with Crippen LogP contribution >= 0.6 is 11.3 Å².